The minimum Gasteiger partial charge on any atom is -0.456 e. The summed E-state index contributed by atoms with van der Waals surface area (Å²) in [6.07, 6.45) is 3.00. The van der Waals surface area contributed by atoms with Gasteiger partial charge in [-0.2, -0.15) is 0 Å². The number of carbonyl (C=O) groups excluding carboxylic acids is 1. The molecule has 1 aromatic heterocycles. The van der Waals surface area contributed by atoms with Crippen LogP contribution in [0.3, 0.4) is 0 Å². The summed E-state index contributed by atoms with van der Waals surface area (Å²) < 4.78 is 5.49. The van der Waals surface area contributed by atoms with Crippen molar-refractivity contribution < 1.29 is 14.3 Å². The SMILES string of the molecule is CCc1ccc(C(=O)N(CCO)CC2CCCN2)o1. The minimum atomic E-state index is -0.137. The second kappa shape index (κ2) is 6.73. The quantitative estimate of drug-likeness (QED) is 0.807. The second-order valence-corrected chi connectivity index (χ2v) is 4.89. The molecule has 106 valence electrons. The molecule has 0 aliphatic carbocycles. The predicted octanol–water partition coefficient (Wildman–Crippen LogP) is 1.03. The highest BCUT2D eigenvalue weighted by atomic mass is 16.4. The number of furan rings is 1. The van der Waals surface area contributed by atoms with Gasteiger partial charge in [-0.15, -0.1) is 0 Å². The van der Waals surface area contributed by atoms with Crippen LogP contribution in [0.1, 0.15) is 36.1 Å². The Kier molecular flexibility index (Phi) is 4.99. The molecule has 1 unspecified atom stereocenters. The van der Waals surface area contributed by atoms with Gasteiger partial charge >= 0.3 is 0 Å². The first-order valence-electron chi connectivity index (χ1n) is 6.96. The molecule has 0 radical (unpaired) electrons. The summed E-state index contributed by atoms with van der Waals surface area (Å²) in [7, 11) is 0. The number of rotatable bonds is 6. The van der Waals surface area contributed by atoms with E-state index in [-0.39, 0.29) is 12.5 Å². The van der Waals surface area contributed by atoms with Crippen molar-refractivity contribution in [1.29, 1.82) is 0 Å². The van der Waals surface area contributed by atoms with Crippen LogP contribution in [-0.4, -0.2) is 48.2 Å². The number of amides is 1. The smallest absolute Gasteiger partial charge is 0.289 e. The van der Waals surface area contributed by atoms with Crippen LogP contribution >= 0.6 is 0 Å². The van der Waals surface area contributed by atoms with E-state index in [4.69, 9.17) is 9.52 Å². The monoisotopic (exact) mass is 266 g/mol. The molecule has 5 heteroatoms. The molecular weight excluding hydrogens is 244 g/mol. The highest BCUT2D eigenvalue weighted by Gasteiger charge is 2.23. The van der Waals surface area contributed by atoms with E-state index >= 15 is 0 Å². The predicted molar refractivity (Wildman–Crippen MR) is 72.1 cm³/mol. The second-order valence-electron chi connectivity index (χ2n) is 4.89. The van der Waals surface area contributed by atoms with Crippen molar-refractivity contribution in [2.75, 3.05) is 26.2 Å². The first-order chi connectivity index (χ1) is 9.24. The molecule has 1 aromatic rings. The van der Waals surface area contributed by atoms with E-state index in [1.54, 1.807) is 11.0 Å². The van der Waals surface area contributed by atoms with Crippen LogP contribution in [0.5, 0.6) is 0 Å². The molecule has 2 rings (SSSR count). The Morgan fingerprint density at radius 1 is 1.58 bits per heavy atom. The number of nitrogens with one attached hydrogen (secondary N) is 1. The lowest BCUT2D eigenvalue weighted by Crippen LogP contribution is -2.42. The fourth-order valence-corrected chi connectivity index (χ4v) is 2.41. The molecule has 19 heavy (non-hydrogen) atoms. The maximum absolute atomic E-state index is 12.3. The Morgan fingerprint density at radius 3 is 3.00 bits per heavy atom. The Balaban J connectivity index is 2.02. The van der Waals surface area contributed by atoms with Gasteiger partial charge in [0.2, 0.25) is 0 Å². The third-order valence-electron chi connectivity index (χ3n) is 3.48. The van der Waals surface area contributed by atoms with Gasteiger partial charge in [-0.3, -0.25) is 4.79 Å². The largest absolute Gasteiger partial charge is 0.456 e. The molecule has 1 saturated heterocycles. The summed E-state index contributed by atoms with van der Waals surface area (Å²) in [4.78, 5) is 14.0. The number of hydrogen-bond acceptors (Lipinski definition) is 4. The van der Waals surface area contributed by atoms with Crippen molar-refractivity contribution in [1.82, 2.24) is 10.2 Å². The molecule has 0 saturated carbocycles. The zero-order valence-corrected chi connectivity index (χ0v) is 11.4. The standard InChI is InChI=1S/C14H22N2O3/c1-2-12-5-6-13(19-12)14(18)16(8-9-17)10-11-4-3-7-15-11/h5-6,11,15,17H,2-4,7-10H2,1H3. The van der Waals surface area contributed by atoms with Crippen LogP contribution in [0.4, 0.5) is 0 Å². The maximum atomic E-state index is 12.3. The third kappa shape index (κ3) is 3.58. The van der Waals surface area contributed by atoms with Gasteiger partial charge in [-0.05, 0) is 31.5 Å². The Labute approximate surface area is 113 Å². The summed E-state index contributed by atoms with van der Waals surface area (Å²) in [5.41, 5.74) is 0. The number of carbonyl (C=O) groups is 1. The van der Waals surface area contributed by atoms with Crippen LogP contribution in [0.25, 0.3) is 0 Å². The van der Waals surface area contributed by atoms with Gasteiger partial charge in [0.25, 0.3) is 5.91 Å². The van der Waals surface area contributed by atoms with Gasteiger partial charge in [0.05, 0.1) is 6.61 Å². The summed E-state index contributed by atoms with van der Waals surface area (Å²) in [6, 6.07) is 3.88. The number of aliphatic hydroxyl groups is 1. The molecule has 0 bridgehead atoms. The van der Waals surface area contributed by atoms with Gasteiger partial charge in [0, 0.05) is 25.6 Å². The molecule has 1 aliphatic heterocycles. The average Bonchev–Trinajstić information content (AvgIpc) is 3.08. The van der Waals surface area contributed by atoms with E-state index < -0.39 is 0 Å². The normalized spacial score (nSPS) is 18.7. The number of hydrogen-bond donors (Lipinski definition) is 2. The Hall–Kier alpha value is -1.33. The lowest BCUT2D eigenvalue weighted by Gasteiger charge is -2.24. The Morgan fingerprint density at radius 2 is 2.42 bits per heavy atom. The number of aryl methyl sites for hydroxylation is 1. The van der Waals surface area contributed by atoms with E-state index in [1.807, 2.05) is 13.0 Å². The number of aliphatic hydroxyl groups excluding tert-OH is 1. The summed E-state index contributed by atoms with van der Waals surface area (Å²) in [6.45, 7) is 3.94. The van der Waals surface area contributed by atoms with Gasteiger partial charge < -0.3 is 19.7 Å². The van der Waals surface area contributed by atoms with Crippen LogP contribution in [-0.2, 0) is 6.42 Å². The average molecular weight is 266 g/mol. The zero-order chi connectivity index (χ0) is 13.7. The molecule has 5 nitrogen and oxygen atoms in total. The van der Waals surface area contributed by atoms with Crippen molar-refractivity contribution in [2.45, 2.75) is 32.2 Å². The van der Waals surface area contributed by atoms with Crippen molar-refractivity contribution >= 4 is 5.91 Å². The van der Waals surface area contributed by atoms with Gasteiger partial charge in [-0.1, -0.05) is 6.92 Å². The molecule has 2 N–H and O–H groups in total. The van der Waals surface area contributed by atoms with Crippen LogP contribution in [0.2, 0.25) is 0 Å². The Bertz CT molecular complexity index is 411. The van der Waals surface area contributed by atoms with Crippen LogP contribution in [0.15, 0.2) is 16.5 Å². The highest BCUT2D eigenvalue weighted by molar-refractivity contribution is 5.91. The van der Waals surface area contributed by atoms with Gasteiger partial charge in [0.15, 0.2) is 5.76 Å². The van der Waals surface area contributed by atoms with E-state index in [1.165, 1.54) is 0 Å². The summed E-state index contributed by atoms with van der Waals surface area (Å²) in [5, 5.41) is 12.5. The molecule has 1 fully saturated rings. The third-order valence-corrected chi connectivity index (χ3v) is 3.48. The van der Waals surface area contributed by atoms with Crippen molar-refractivity contribution in [3.63, 3.8) is 0 Å². The highest BCUT2D eigenvalue weighted by Crippen LogP contribution is 2.13. The molecule has 1 aliphatic rings. The maximum Gasteiger partial charge on any atom is 0.289 e. The summed E-state index contributed by atoms with van der Waals surface area (Å²) >= 11 is 0. The summed E-state index contributed by atoms with van der Waals surface area (Å²) in [5.74, 6) is 1.04. The molecular formula is C14H22N2O3. The molecule has 2 heterocycles. The van der Waals surface area contributed by atoms with Crippen LogP contribution in [0, 0.1) is 0 Å². The fraction of sp³-hybridized carbons (Fsp3) is 0.643. The lowest BCUT2D eigenvalue weighted by molar-refractivity contribution is 0.0673. The lowest BCUT2D eigenvalue weighted by atomic mass is 10.2. The van der Waals surface area contributed by atoms with Crippen molar-refractivity contribution in [3.05, 3.63) is 23.7 Å². The molecule has 0 aromatic carbocycles. The van der Waals surface area contributed by atoms with E-state index in [9.17, 15) is 4.79 Å². The first kappa shape index (κ1) is 14.1. The zero-order valence-electron chi connectivity index (χ0n) is 11.4. The van der Waals surface area contributed by atoms with Crippen molar-refractivity contribution in [3.8, 4) is 0 Å². The van der Waals surface area contributed by atoms with E-state index in [0.717, 1.165) is 31.6 Å². The van der Waals surface area contributed by atoms with Crippen molar-refractivity contribution in [2.24, 2.45) is 0 Å². The van der Waals surface area contributed by atoms with E-state index in [0.29, 0.717) is 24.9 Å². The minimum absolute atomic E-state index is 0.0280. The first-order valence-corrected chi connectivity index (χ1v) is 6.96. The topological polar surface area (TPSA) is 65.7 Å². The number of nitrogens with zero attached hydrogens (tertiary/aromatic N) is 1. The fourth-order valence-electron chi connectivity index (χ4n) is 2.41. The molecule has 1 atom stereocenters. The van der Waals surface area contributed by atoms with Gasteiger partial charge in [-0.25, -0.2) is 0 Å². The molecule has 0 spiro atoms. The van der Waals surface area contributed by atoms with Gasteiger partial charge in [0.1, 0.15) is 5.76 Å². The van der Waals surface area contributed by atoms with E-state index in [2.05, 4.69) is 5.32 Å². The molecule has 1 amide bonds. The van der Waals surface area contributed by atoms with Crippen LogP contribution < -0.4 is 5.32 Å².